The zero-order valence-corrected chi connectivity index (χ0v) is 9.27. The Kier molecular flexibility index (Phi) is 2.60. The first-order valence-electron chi connectivity index (χ1n) is 4.49. The topological polar surface area (TPSA) is 35.2 Å². The van der Waals surface area contributed by atoms with Crippen LogP contribution in [0.1, 0.15) is 24.9 Å². The van der Waals surface area contributed by atoms with E-state index in [1.165, 1.54) is 0 Å². The number of rotatable bonds is 0. The molecule has 0 saturated heterocycles. The molecule has 0 radical (unpaired) electrons. The van der Waals surface area contributed by atoms with Crippen LogP contribution in [0.15, 0.2) is 12.1 Å². The molecule has 2 nitrogen and oxygen atoms in total. The van der Waals surface area contributed by atoms with Gasteiger partial charge >= 0.3 is 0 Å². The largest absolute Gasteiger partial charge is 0.489 e. The Morgan fingerprint density at radius 3 is 2.71 bits per heavy atom. The predicted octanol–water partition coefficient (Wildman–Crippen LogP) is 3.16. The van der Waals surface area contributed by atoms with Crippen molar-refractivity contribution in [3.05, 3.63) is 27.7 Å². The normalized spacial score (nSPS) is 25.4. The lowest BCUT2D eigenvalue weighted by Crippen LogP contribution is -2.27. The van der Waals surface area contributed by atoms with Crippen LogP contribution in [0.2, 0.25) is 10.0 Å². The van der Waals surface area contributed by atoms with E-state index in [1.807, 2.05) is 6.92 Å². The average Bonchev–Trinajstić information content (AvgIpc) is 2.10. The lowest BCUT2D eigenvalue weighted by molar-refractivity contribution is 0.177. The van der Waals surface area contributed by atoms with Gasteiger partial charge in [-0.25, -0.2) is 0 Å². The molecule has 2 atom stereocenters. The van der Waals surface area contributed by atoms with Gasteiger partial charge in [-0.05, 0) is 19.1 Å². The first kappa shape index (κ1) is 10.1. The highest BCUT2D eigenvalue weighted by molar-refractivity contribution is 6.35. The van der Waals surface area contributed by atoms with E-state index in [-0.39, 0.29) is 12.1 Å². The van der Waals surface area contributed by atoms with Gasteiger partial charge in [0.2, 0.25) is 0 Å². The third-order valence-electron chi connectivity index (χ3n) is 2.37. The average molecular weight is 232 g/mol. The fraction of sp³-hybridized carbons (Fsp3) is 0.400. The summed E-state index contributed by atoms with van der Waals surface area (Å²) in [5.74, 6) is 0.644. The zero-order chi connectivity index (χ0) is 10.3. The third kappa shape index (κ3) is 1.58. The summed E-state index contributed by atoms with van der Waals surface area (Å²) in [6.45, 7) is 1.97. The Morgan fingerprint density at radius 2 is 2.00 bits per heavy atom. The summed E-state index contributed by atoms with van der Waals surface area (Å²) >= 11 is 12.0. The first-order valence-corrected chi connectivity index (χ1v) is 5.25. The standard InChI is InChI=1S/C10H11Cl2NO/c1-5-4-8(13)9-6(11)2-3-7(12)10(9)14-5/h2-3,5,8H,4,13H2,1H3. The zero-order valence-electron chi connectivity index (χ0n) is 7.76. The highest BCUT2D eigenvalue weighted by Crippen LogP contribution is 2.42. The molecule has 2 N–H and O–H groups in total. The SMILES string of the molecule is CC1CC(N)c2c(Cl)ccc(Cl)c2O1. The molecule has 2 rings (SSSR count). The summed E-state index contributed by atoms with van der Waals surface area (Å²) in [4.78, 5) is 0. The molecule has 0 saturated carbocycles. The van der Waals surface area contributed by atoms with Crippen LogP contribution in [-0.4, -0.2) is 6.10 Å². The first-order chi connectivity index (χ1) is 6.59. The predicted molar refractivity (Wildman–Crippen MR) is 58.1 cm³/mol. The fourth-order valence-corrected chi connectivity index (χ4v) is 2.24. The molecule has 76 valence electrons. The van der Waals surface area contributed by atoms with Crippen LogP contribution in [0, 0.1) is 0 Å². The Labute approximate surface area is 92.9 Å². The number of ether oxygens (including phenoxy) is 1. The number of fused-ring (bicyclic) bond motifs is 1. The van der Waals surface area contributed by atoms with Gasteiger partial charge in [0.1, 0.15) is 5.75 Å². The Balaban J connectivity index is 2.57. The van der Waals surface area contributed by atoms with Gasteiger partial charge in [0.15, 0.2) is 0 Å². The van der Waals surface area contributed by atoms with Gasteiger partial charge in [-0.15, -0.1) is 0 Å². The molecule has 1 aliphatic heterocycles. The van der Waals surface area contributed by atoms with E-state index in [4.69, 9.17) is 33.7 Å². The minimum atomic E-state index is -0.0834. The minimum Gasteiger partial charge on any atom is -0.489 e. The third-order valence-corrected chi connectivity index (χ3v) is 3.00. The second kappa shape index (κ2) is 3.61. The molecule has 0 amide bonds. The van der Waals surface area contributed by atoms with Gasteiger partial charge in [0.05, 0.1) is 11.1 Å². The van der Waals surface area contributed by atoms with Crippen LogP contribution in [-0.2, 0) is 0 Å². The van der Waals surface area contributed by atoms with E-state index < -0.39 is 0 Å². The van der Waals surface area contributed by atoms with Gasteiger partial charge < -0.3 is 10.5 Å². The summed E-state index contributed by atoms with van der Waals surface area (Å²) in [6.07, 6.45) is 0.862. The van der Waals surface area contributed by atoms with Crippen molar-refractivity contribution in [3.63, 3.8) is 0 Å². The van der Waals surface area contributed by atoms with Crippen LogP contribution >= 0.6 is 23.2 Å². The Hall–Kier alpha value is -0.440. The van der Waals surface area contributed by atoms with E-state index in [2.05, 4.69) is 0 Å². The van der Waals surface area contributed by atoms with Crippen LogP contribution < -0.4 is 10.5 Å². The lowest BCUT2D eigenvalue weighted by atomic mass is 9.98. The molecule has 1 aliphatic rings. The monoisotopic (exact) mass is 231 g/mol. The summed E-state index contributed by atoms with van der Waals surface area (Å²) in [6, 6.07) is 3.40. The van der Waals surface area contributed by atoms with Crippen molar-refractivity contribution < 1.29 is 4.74 Å². The summed E-state index contributed by atoms with van der Waals surface area (Å²) in [7, 11) is 0. The van der Waals surface area contributed by atoms with E-state index in [9.17, 15) is 0 Å². The second-order valence-electron chi connectivity index (χ2n) is 3.54. The van der Waals surface area contributed by atoms with Crippen LogP contribution in [0.5, 0.6) is 5.75 Å². The van der Waals surface area contributed by atoms with Gasteiger partial charge in [-0.3, -0.25) is 0 Å². The Morgan fingerprint density at radius 1 is 1.36 bits per heavy atom. The molecule has 2 unspecified atom stereocenters. The molecule has 14 heavy (non-hydrogen) atoms. The lowest BCUT2D eigenvalue weighted by Gasteiger charge is -2.29. The van der Waals surface area contributed by atoms with Crippen molar-refractivity contribution in [3.8, 4) is 5.75 Å². The summed E-state index contributed by atoms with van der Waals surface area (Å²) in [5, 5.41) is 1.20. The molecule has 0 bridgehead atoms. The number of hydrogen-bond donors (Lipinski definition) is 1. The van der Waals surface area contributed by atoms with Crippen molar-refractivity contribution in [1.29, 1.82) is 0 Å². The fourth-order valence-electron chi connectivity index (χ4n) is 1.74. The maximum absolute atomic E-state index is 6.04. The second-order valence-corrected chi connectivity index (χ2v) is 4.36. The molecular formula is C10H11Cl2NO. The highest BCUT2D eigenvalue weighted by atomic mass is 35.5. The van der Waals surface area contributed by atoms with E-state index in [0.717, 1.165) is 12.0 Å². The van der Waals surface area contributed by atoms with Crippen LogP contribution in [0.25, 0.3) is 0 Å². The van der Waals surface area contributed by atoms with E-state index >= 15 is 0 Å². The highest BCUT2D eigenvalue weighted by Gasteiger charge is 2.27. The summed E-state index contributed by atoms with van der Waals surface area (Å²) in [5.41, 5.74) is 6.81. The molecule has 0 spiro atoms. The van der Waals surface area contributed by atoms with Gasteiger partial charge in [-0.2, -0.15) is 0 Å². The number of hydrogen-bond acceptors (Lipinski definition) is 2. The molecule has 0 aliphatic carbocycles. The smallest absolute Gasteiger partial charge is 0.144 e. The number of benzene rings is 1. The maximum Gasteiger partial charge on any atom is 0.144 e. The number of nitrogens with two attached hydrogens (primary N) is 1. The van der Waals surface area contributed by atoms with Crippen LogP contribution in [0.3, 0.4) is 0 Å². The Bertz CT molecular complexity index is 367. The van der Waals surface area contributed by atoms with Crippen LogP contribution in [0.4, 0.5) is 0 Å². The van der Waals surface area contributed by atoms with Gasteiger partial charge in [0, 0.05) is 23.0 Å². The van der Waals surface area contributed by atoms with Crippen molar-refractivity contribution >= 4 is 23.2 Å². The molecule has 0 aromatic heterocycles. The van der Waals surface area contributed by atoms with Gasteiger partial charge in [-0.1, -0.05) is 23.2 Å². The quantitative estimate of drug-likeness (QED) is 0.745. The van der Waals surface area contributed by atoms with Crippen molar-refractivity contribution in [2.75, 3.05) is 0 Å². The molecular weight excluding hydrogens is 221 g/mol. The number of halogens is 2. The minimum absolute atomic E-state index is 0.0834. The molecule has 1 heterocycles. The molecule has 0 fully saturated rings. The van der Waals surface area contributed by atoms with Gasteiger partial charge in [0.25, 0.3) is 0 Å². The molecule has 1 aromatic rings. The molecule has 4 heteroatoms. The van der Waals surface area contributed by atoms with Crippen molar-refractivity contribution in [2.24, 2.45) is 5.73 Å². The maximum atomic E-state index is 6.04. The van der Waals surface area contributed by atoms with E-state index in [0.29, 0.717) is 15.8 Å². The van der Waals surface area contributed by atoms with Crippen molar-refractivity contribution in [1.82, 2.24) is 0 Å². The summed E-state index contributed by atoms with van der Waals surface area (Å²) < 4.78 is 5.62. The molecule has 1 aromatic carbocycles. The van der Waals surface area contributed by atoms with E-state index in [1.54, 1.807) is 12.1 Å². The van der Waals surface area contributed by atoms with Crippen molar-refractivity contribution in [2.45, 2.75) is 25.5 Å².